The molecule has 4 aliphatic rings. The maximum atomic E-state index is 16.8. The average Bonchev–Trinajstić information content (AvgIpc) is 2.89. The summed E-state index contributed by atoms with van der Waals surface area (Å²) in [7, 11) is 0. The Morgan fingerprint density at radius 3 is 2.65 bits per heavy atom. The Labute approximate surface area is 154 Å². The number of alkyl halides is 1. The van der Waals surface area contributed by atoms with Crippen molar-refractivity contribution in [3.05, 3.63) is 23.3 Å². The fourth-order valence-corrected chi connectivity index (χ4v) is 7.07. The van der Waals surface area contributed by atoms with Gasteiger partial charge in [0.1, 0.15) is 5.78 Å². The Hall–Kier alpha value is -1.29. The van der Waals surface area contributed by atoms with Gasteiger partial charge in [-0.3, -0.25) is 9.59 Å². The number of ketones is 2. The molecular formula is C22H29FO3. The minimum atomic E-state index is -1.78. The SMILES string of the molecule is CC(=O)[C@H]1CC[C@H]2[C@@H]3C=C(C)C4=CC(=O)CC[C@]4(C)[C@@]3(F)C(O)C[C@]12C. The lowest BCUT2D eigenvalue weighted by atomic mass is 9.45. The fraction of sp³-hybridized carbons (Fsp3) is 0.727. The fourth-order valence-electron chi connectivity index (χ4n) is 7.07. The molecule has 4 rings (SSSR count). The summed E-state index contributed by atoms with van der Waals surface area (Å²) >= 11 is 0. The van der Waals surface area contributed by atoms with Gasteiger partial charge in [0.2, 0.25) is 0 Å². The highest BCUT2D eigenvalue weighted by molar-refractivity contribution is 5.92. The molecule has 2 fully saturated rings. The number of allylic oxidation sites excluding steroid dienone is 4. The summed E-state index contributed by atoms with van der Waals surface area (Å²) in [4.78, 5) is 24.2. The molecule has 0 spiro atoms. The molecule has 0 heterocycles. The van der Waals surface area contributed by atoms with Gasteiger partial charge in [-0.25, -0.2) is 4.39 Å². The molecular weight excluding hydrogens is 331 g/mol. The van der Waals surface area contributed by atoms with Crippen molar-refractivity contribution in [1.29, 1.82) is 0 Å². The third-order valence-corrected chi connectivity index (χ3v) is 8.41. The molecule has 0 aromatic heterocycles. The number of Topliss-reactive ketones (excluding diaryl/α,β-unsaturated/α-hetero) is 1. The number of halogens is 1. The van der Waals surface area contributed by atoms with E-state index in [1.807, 2.05) is 19.9 Å². The van der Waals surface area contributed by atoms with Crippen molar-refractivity contribution < 1.29 is 19.1 Å². The van der Waals surface area contributed by atoms with E-state index in [1.54, 1.807) is 13.0 Å². The minimum absolute atomic E-state index is 0.0416. The maximum absolute atomic E-state index is 16.8. The normalized spacial score (nSPS) is 50.3. The molecule has 0 aliphatic heterocycles. The third-order valence-electron chi connectivity index (χ3n) is 8.41. The van der Waals surface area contributed by atoms with Crippen LogP contribution in [0.15, 0.2) is 23.3 Å². The highest BCUT2D eigenvalue weighted by Crippen LogP contribution is 2.68. The summed E-state index contributed by atoms with van der Waals surface area (Å²) in [5.74, 6) is -0.259. The monoisotopic (exact) mass is 360 g/mol. The van der Waals surface area contributed by atoms with Crippen LogP contribution < -0.4 is 0 Å². The summed E-state index contributed by atoms with van der Waals surface area (Å²) in [6.07, 6.45) is 5.11. The molecule has 142 valence electrons. The zero-order valence-corrected chi connectivity index (χ0v) is 16.1. The van der Waals surface area contributed by atoms with Crippen LogP contribution in [0, 0.1) is 28.6 Å². The van der Waals surface area contributed by atoms with E-state index in [9.17, 15) is 14.7 Å². The topological polar surface area (TPSA) is 54.4 Å². The molecule has 3 nitrogen and oxygen atoms in total. The Balaban J connectivity index is 1.89. The van der Waals surface area contributed by atoms with Gasteiger partial charge in [0.05, 0.1) is 6.10 Å². The van der Waals surface area contributed by atoms with Crippen LogP contribution in [0.25, 0.3) is 0 Å². The lowest BCUT2D eigenvalue weighted by molar-refractivity contribution is -0.187. The van der Waals surface area contributed by atoms with Crippen LogP contribution in [0.1, 0.15) is 59.8 Å². The predicted octanol–water partition coefficient (Wildman–Crippen LogP) is 3.95. The average molecular weight is 360 g/mol. The molecule has 0 aromatic carbocycles. The zero-order valence-electron chi connectivity index (χ0n) is 16.1. The Morgan fingerprint density at radius 2 is 2.00 bits per heavy atom. The molecule has 1 N–H and O–H groups in total. The van der Waals surface area contributed by atoms with E-state index >= 15 is 4.39 Å². The highest BCUT2D eigenvalue weighted by atomic mass is 19.1. The minimum Gasteiger partial charge on any atom is -0.390 e. The number of hydrogen-bond donors (Lipinski definition) is 1. The van der Waals surface area contributed by atoms with Gasteiger partial charge >= 0.3 is 0 Å². The summed E-state index contributed by atoms with van der Waals surface area (Å²) in [6.45, 7) is 7.54. The Bertz CT molecular complexity index is 752. The van der Waals surface area contributed by atoms with Crippen molar-refractivity contribution in [2.24, 2.45) is 28.6 Å². The number of fused-ring (bicyclic) bond motifs is 5. The van der Waals surface area contributed by atoms with Crippen molar-refractivity contribution in [2.45, 2.75) is 71.6 Å². The molecule has 0 amide bonds. The molecule has 1 unspecified atom stereocenters. The first-order chi connectivity index (χ1) is 12.1. The Kier molecular flexibility index (Phi) is 3.74. The summed E-state index contributed by atoms with van der Waals surface area (Å²) in [6, 6.07) is 0. The number of carbonyl (C=O) groups excluding carboxylic acids is 2. The van der Waals surface area contributed by atoms with Crippen molar-refractivity contribution in [2.75, 3.05) is 0 Å². The summed E-state index contributed by atoms with van der Waals surface area (Å²) in [5.41, 5.74) is -1.27. The van der Waals surface area contributed by atoms with E-state index < -0.39 is 23.1 Å². The van der Waals surface area contributed by atoms with Crippen molar-refractivity contribution in [1.82, 2.24) is 0 Å². The van der Waals surface area contributed by atoms with E-state index in [0.29, 0.717) is 19.3 Å². The molecule has 2 saturated carbocycles. The largest absolute Gasteiger partial charge is 0.390 e. The summed E-state index contributed by atoms with van der Waals surface area (Å²) in [5, 5.41) is 11.1. The molecule has 7 atom stereocenters. The van der Waals surface area contributed by atoms with Gasteiger partial charge in [0.15, 0.2) is 11.5 Å². The van der Waals surface area contributed by atoms with E-state index in [4.69, 9.17) is 0 Å². The number of carbonyl (C=O) groups is 2. The van der Waals surface area contributed by atoms with Gasteiger partial charge in [-0.15, -0.1) is 0 Å². The number of hydrogen-bond acceptors (Lipinski definition) is 3. The molecule has 0 radical (unpaired) electrons. The van der Waals surface area contributed by atoms with Gasteiger partial charge < -0.3 is 5.11 Å². The van der Waals surface area contributed by atoms with Crippen LogP contribution in [0.5, 0.6) is 0 Å². The van der Waals surface area contributed by atoms with Crippen LogP contribution in [0.4, 0.5) is 4.39 Å². The Morgan fingerprint density at radius 1 is 1.31 bits per heavy atom. The van der Waals surface area contributed by atoms with Gasteiger partial charge in [-0.1, -0.05) is 25.5 Å². The third kappa shape index (κ3) is 1.97. The van der Waals surface area contributed by atoms with Crippen LogP contribution in [-0.2, 0) is 9.59 Å². The van der Waals surface area contributed by atoms with Gasteiger partial charge in [0, 0.05) is 23.7 Å². The van der Waals surface area contributed by atoms with Gasteiger partial charge in [0.25, 0.3) is 0 Å². The second-order valence-corrected chi connectivity index (χ2v) is 9.57. The van der Waals surface area contributed by atoms with Gasteiger partial charge in [-0.05, 0) is 62.5 Å². The zero-order chi connectivity index (χ0) is 19.1. The van der Waals surface area contributed by atoms with Crippen LogP contribution in [-0.4, -0.2) is 28.4 Å². The number of aliphatic hydroxyl groups excluding tert-OH is 1. The van der Waals surface area contributed by atoms with Crippen molar-refractivity contribution in [3.63, 3.8) is 0 Å². The summed E-state index contributed by atoms with van der Waals surface area (Å²) < 4.78 is 16.8. The standard InChI is InChI=1S/C22H29FO3/c1-12-9-18-16-6-5-15(13(2)24)20(16,3)11-19(26)22(18,23)21(4)8-7-14(25)10-17(12)21/h9-10,15-16,18-19,26H,5-8,11H2,1-4H3/t15-,16+,18+,19?,20-,21+,22+/m1/s1. The first-order valence-corrected chi connectivity index (χ1v) is 9.87. The first-order valence-electron chi connectivity index (χ1n) is 9.87. The predicted molar refractivity (Wildman–Crippen MR) is 97.1 cm³/mol. The van der Waals surface area contributed by atoms with E-state index in [0.717, 1.165) is 24.0 Å². The van der Waals surface area contributed by atoms with Crippen LogP contribution in [0.3, 0.4) is 0 Å². The number of rotatable bonds is 1. The van der Waals surface area contributed by atoms with Crippen LogP contribution in [0.2, 0.25) is 0 Å². The van der Waals surface area contributed by atoms with Crippen molar-refractivity contribution >= 4 is 11.6 Å². The molecule has 0 bridgehead atoms. The lowest BCUT2D eigenvalue weighted by Gasteiger charge is -2.61. The molecule has 0 aromatic rings. The molecule has 4 heteroatoms. The lowest BCUT2D eigenvalue weighted by Crippen LogP contribution is -2.66. The number of aliphatic hydroxyl groups is 1. The highest BCUT2D eigenvalue weighted by Gasteiger charge is 2.70. The smallest absolute Gasteiger partial charge is 0.156 e. The van der Waals surface area contributed by atoms with E-state index in [1.165, 1.54) is 0 Å². The maximum Gasteiger partial charge on any atom is 0.156 e. The molecule has 0 saturated heterocycles. The van der Waals surface area contributed by atoms with Gasteiger partial charge in [-0.2, -0.15) is 0 Å². The molecule has 4 aliphatic carbocycles. The second-order valence-electron chi connectivity index (χ2n) is 9.57. The van der Waals surface area contributed by atoms with Crippen molar-refractivity contribution in [3.8, 4) is 0 Å². The second kappa shape index (κ2) is 5.37. The van der Waals surface area contributed by atoms with Crippen LogP contribution >= 0.6 is 0 Å². The quantitative estimate of drug-likeness (QED) is 0.770. The van der Waals surface area contributed by atoms with E-state index in [2.05, 4.69) is 6.92 Å². The van der Waals surface area contributed by atoms with E-state index in [-0.39, 0.29) is 28.8 Å². The first kappa shape index (κ1) is 18.1. The molecule has 26 heavy (non-hydrogen) atoms.